The Hall–Kier alpha value is -1.63. The van der Waals surface area contributed by atoms with Crippen LogP contribution in [0.5, 0.6) is 5.75 Å². The molecule has 128 valence electrons. The Morgan fingerprint density at radius 3 is 2.78 bits per heavy atom. The Kier molecular flexibility index (Phi) is 6.38. The van der Waals surface area contributed by atoms with Gasteiger partial charge in [-0.15, -0.1) is 0 Å². The minimum atomic E-state index is -0.528. The second-order valence-electron chi connectivity index (χ2n) is 6.23. The number of anilines is 1. The zero-order valence-electron chi connectivity index (χ0n) is 14.0. The van der Waals surface area contributed by atoms with Gasteiger partial charge in [-0.25, -0.2) is 0 Å². The van der Waals surface area contributed by atoms with Crippen molar-refractivity contribution in [2.24, 2.45) is 11.1 Å². The highest BCUT2D eigenvalue weighted by Gasteiger charge is 2.38. The number of rotatable bonds is 7. The molecule has 1 heterocycles. The van der Waals surface area contributed by atoms with E-state index in [2.05, 4.69) is 10.2 Å². The van der Waals surface area contributed by atoms with Crippen LogP contribution in [0.25, 0.3) is 0 Å². The van der Waals surface area contributed by atoms with Crippen molar-refractivity contribution >= 4 is 11.6 Å². The van der Waals surface area contributed by atoms with Crippen molar-refractivity contribution < 1.29 is 14.3 Å². The fraction of sp³-hybridized carbons (Fsp3) is 0.588. The van der Waals surface area contributed by atoms with Gasteiger partial charge >= 0.3 is 0 Å². The van der Waals surface area contributed by atoms with E-state index in [1.165, 1.54) is 0 Å². The first kappa shape index (κ1) is 17.7. The summed E-state index contributed by atoms with van der Waals surface area (Å²) in [5.41, 5.74) is 6.08. The van der Waals surface area contributed by atoms with E-state index in [1.54, 1.807) is 0 Å². The largest absolute Gasteiger partial charge is 0.492 e. The lowest BCUT2D eigenvalue weighted by Crippen LogP contribution is -2.46. The highest BCUT2D eigenvalue weighted by atomic mass is 16.5. The minimum Gasteiger partial charge on any atom is -0.492 e. The van der Waals surface area contributed by atoms with Gasteiger partial charge in [-0.1, -0.05) is 6.07 Å². The predicted molar refractivity (Wildman–Crippen MR) is 90.7 cm³/mol. The number of nitrogens with zero attached hydrogens (tertiary/aromatic N) is 1. The van der Waals surface area contributed by atoms with E-state index in [0.717, 1.165) is 18.0 Å². The molecule has 0 unspecified atom stereocenters. The number of hydrogen-bond donors (Lipinski definition) is 2. The monoisotopic (exact) mass is 321 g/mol. The highest BCUT2D eigenvalue weighted by molar-refractivity contribution is 5.95. The first-order valence-electron chi connectivity index (χ1n) is 8.03. The molecule has 2 rings (SSSR count). The third kappa shape index (κ3) is 4.92. The Labute approximate surface area is 137 Å². The fourth-order valence-electron chi connectivity index (χ4n) is 2.56. The van der Waals surface area contributed by atoms with E-state index < -0.39 is 5.41 Å². The normalized spacial score (nSPS) is 17.0. The lowest BCUT2D eigenvalue weighted by molar-refractivity contribution is -0.130. The number of nitrogens with two attached hydrogens (primary N) is 1. The van der Waals surface area contributed by atoms with Gasteiger partial charge in [0, 0.05) is 38.1 Å². The maximum Gasteiger partial charge on any atom is 0.232 e. The van der Waals surface area contributed by atoms with Crippen LogP contribution in [0.15, 0.2) is 24.3 Å². The van der Waals surface area contributed by atoms with Crippen LogP contribution in [0.2, 0.25) is 0 Å². The van der Waals surface area contributed by atoms with Crippen LogP contribution in [0.3, 0.4) is 0 Å². The molecular formula is C17H27N3O3. The van der Waals surface area contributed by atoms with Crippen LogP contribution >= 0.6 is 0 Å². The molecule has 1 saturated heterocycles. The fourth-order valence-corrected chi connectivity index (χ4v) is 2.56. The summed E-state index contributed by atoms with van der Waals surface area (Å²) in [7, 11) is 4.00. The predicted octanol–water partition coefficient (Wildman–Crippen LogP) is 1.32. The molecule has 0 spiro atoms. The number of carbonyl (C=O) groups is 1. The van der Waals surface area contributed by atoms with Crippen molar-refractivity contribution in [1.29, 1.82) is 0 Å². The van der Waals surface area contributed by atoms with Crippen molar-refractivity contribution in [1.82, 2.24) is 4.90 Å². The highest BCUT2D eigenvalue weighted by Crippen LogP contribution is 2.31. The molecule has 0 aliphatic carbocycles. The smallest absolute Gasteiger partial charge is 0.232 e. The van der Waals surface area contributed by atoms with Gasteiger partial charge in [-0.3, -0.25) is 4.79 Å². The van der Waals surface area contributed by atoms with Gasteiger partial charge in [-0.05, 0) is 39.1 Å². The van der Waals surface area contributed by atoms with Crippen LogP contribution in [0, 0.1) is 5.41 Å². The van der Waals surface area contributed by atoms with Gasteiger partial charge in [0.05, 0.1) is 5.41 Å². The molecule has 0 saturated carbocycles. The molecule has 0 atom stereocenters. The van der Waals surface area contributed by atoms with Crippen molar-refractivity contribution in [2.45, 2.75) is 12.8 Å². The van der Waals surface area contributed by atoms with E-state index in [4.69, 9.17) is 15.2 Å². The molecule has 0 bridgehead atoms. The molecule has 0 radical (unpaired) electrons. The number of benzene rings is 1. The number of likely N-dealkylation sites (N-methyl/N-ethyl adjacent to an activating group) is 1. The van der Waals surface area contributed by atoms with Crippen molar-refractivity contribution in [3.8, 4) is 5.75 Å². The van der Waals surface area contributed by atoms with Crippen LogP contribution in [-0.4, -0.2) is 57.8 Å². The summed E-state index contributed by atoms with van der Waals surface area (Å²) in [4.78, 5) is 14.7. The number of ether oxygens (including phenoxy) is 2. The van der Waals surface area contributed by atoms with Crippen molar-refractivity contribution in [3.63, 3.8) is 0 Å². The second-order valence-corrected chi connectivity index (χ2v) is 6.23. The van der Waals surface area contributed by atoms with Gasteiger partial charge in [0.15, 0.2) is 0 Å². The van der Waals surface area contributed by atoms with E-state index in [1.807, 2.05) is 38.4 Å². The molecule has 3 N–H and O–H groups in total. The van der Waals surface area contributed by atoms with E-state index >= 15 is 0 Å². The van der Waals surface area contributed by atoms with Crippen molar-refractivity contribution in [3.05, 3.63) is 24.3 Å². The molecule has 1 aromatic carbocycles. The molecule has 1 fully saturated rings. The van der Waals surface area contributed by atoms with Gasteiger partial charge in [0.1, 0.15) is 12.4 Å². The van der Waals surface area contributed by atoms with Crippen LogP contribution in [0.1, 0.15) is 12.8 Å². The lowest BCUT2D eigenvalue weighted by atomic mass is 9.79. The summed E-state index contributed by atoms with van der Waals surface area (Å²) in [6, 6.07) is 7.47. The van der Waals surface area contributed by atoms with Crippen LogP contribution < -0.4 is 15.8 Å². The molecule has 0 aromatic heterocycles. The quantitative estimate of drug-likeness (QED) is 0.792. The minimum absolute atomic E-state index is 0.0336. The Bertz CT molecular complexity index is 514. The summed E-state index contributed by atoms with van der Waals surface area (Å²) in [6.45, 7) is 2.94. The summed E-state index contributed by atoms with van der Waals surface area (Å²) < 4.78 is 11.0. The number of hydrogen-bond acceptors (Lipinski definition) is 5. The third-order valence-electron chi connectivity index (χ3n) is 4.22. The van der Waals surface area contributed by atoms with Gasteiger partial charge in [0.25, 0.3) is 0 Å². The Balaban J connectivity index is 1.97. The maximum atomic E-state index is 12.6. The molecule has 1 amide bonds. The first-order chi connectivity index (χ1) is 11.1. The zero-order chi connectivity index (χ0) is 16.7. The zero-order valence-corrected chi connectivity index (χ0v) is 14.0. The van der Waals surface area contributed by atoms with Crippen LogP contribution in [-0.2, 0) is 9.53 Å². The lowest BCUT2D eigenvalue weighted by Gasteiger charge is -2.34. The molecule has 1 aromatic rings. The average Bonchev–Trinajstić information content (AvgIpc) is 2.55. The first-order valence-corrected chi connectivity index (χ1v) is 8.03. The second kappa shape index (κ2) is 8.29. The molecule has 6 nitrogen and oxygen atoms in total. The number of amides is 1. The van der Waals surface area contributed by atoms with Crippen molar-refractivity contribution in [2.75, 3.05) is 52.3 Å². The number of nitrogens with one attached hydrogen (secondary N) is 1. The summed E-state index contributed by atoms with van der Waals surface area (Å²) in [5.74, 6) is 0.715. The molecule has 1 aliphatic rings. The third-order valence-corrected chi connectivity index (χ3v) is 4.22. The standard InChI is InChI=1S/C17H27N3O3/c1-20(2)8-11-23-15-5-3-4-14(12-15)19-16(21)17(13-18)6-9-22-10-7-17/h3-5,12H,6-11,13,18H2,1-2H3,(H,19,21). The van der Waals surface area contributed by atoms with Gasteiger partial charge < -0.3 is 25.4 Å². The summed E-state index contributed by atoms with van der Waals surface area (Å²) in [6.07, 6.45) is 1.32. The summed E-state index contributed by atoms with van der Waals surface area (Å²) >= 11 is 0. The molecule has 1 aliphatic heterocycles. The topological polar surface area (TPSA) is 76.8 Å². The van der Waals surface area contributed by atoms with E-state index in [0.29, 0.717) is 39.2 Å². The molecular weight excluding hydrogens is 294 g/mol. The number of carbonyl (C=O) groups excluding carboxylic acids is 1. The Morgan fingerprint density at radius 1 is 1.39 bits per heavy atom. The maximum absolute atomic E-state index is 12.6. The Morgan fingerprint density at radius 2 is 2.13 bits per heavy atom. The van der Waals surface area contributed by atoms with E-state index in [9.17, 15) is 4.79 Å². The molecule has 23 heavy (non-hydrogen) atoms. The molecule has 6 heteroatoms. The van der Waals surface area contributed by atoms with Gasteiger partial charge in [-0.2, -0.15) is 0 Å². The summed E-state index contributed by atoms with van der Waals surface area (Å²) in [5, 5.41) is 2.98. The average molecular weight is 321 g/mol. The van der Waals surface area contributed by atoms with E-state index in [-0.39, 0.29) is 5.91 Å². The SMILES string of the molecule is CN(C)CCOc1cccc(NC(=O)C2(CN)CCOCC2)c1. The van der Waals surface area contributed by atoms with Gasteiger partial charge in [0.2, 0.25) is 5.91 Å². The van der Waals surface area contributed by atoms with Crippen LogP contribution in [0.4, 0.5) is 5.69 Å².